The van der Waals surface area contributed by atoms with E-state index in [4.69, 9.17) is 51.1 Å². The molecule has 0 aliphatic heterocycles. The van der Waals surface area contributed by atoms with Gasteiger partial charge >= 0.3 is 0 Å². The van der Waals surface area contributed by atoms with Gasteiger partial charge in [-0.2, -0.15) is 0 Å². The molecule has 0 spiro atoms. The van der Waals surface area contributed by atoms with Gasteiger partial charge in [0.25, 0.3) is 10.0 Å². The average Bonchev–Trinajstić information content (AvgIpc) is 2.48. The van der Waals surface area contributed by atoms with Crippen molar-refractivity contribution in [3.05, 3.63) is 50.4 Å². The minimum absolute atomic E-state index is 0.0774. The first-order valence-electron chi connectivity index (χ1n) is 7.34. The highest BCUT2D eigenvalue weighted by Gasteiger charge is 2.23. The summed E-state index contributed by atoms with van der Waals surface area (Å²) in [6, 6.07) is 7.15. The first kappa shape index (κ1) is 21.4. The van der Waals surface area contributed by atoms with Crippen LogP contribution in [0, 0.1) is 0 Å². The zero-order valence-electron chi connectivity index (χ0n) is 13.9. The molecular weight excluding hydrogens is 442 g/mol. The Morgan fingerprint density at radius 3 is 2.19 bits per heavy atom. The first-order valence-corrected chi connectivity index (χ1v) is 10.3. The van der Waals surface area contributed by atoms with Gasteiger partial charge in [0.1, 0.15) is 17.3 Å². The maximum atomic E-state index is 12.7. The average molecular weight is 458 g/mol. The molecule has 26 heavy (non-hydrogen) atoms. The van der Waals surface area contributed by atoms with Crippen LogP contribution in [0.1, 0.15) is 0 Å². The summed E-state index contributed by atoms with van der Waals surface area (Å²) in [4.78, 5) is 1.70. The van der Waals surface area contributed by atoms with Crippen LogP contribution in [0.3, 0.4) is 0 Å². The van der Waals surface area contributed by atoms with Crippen LogP contribution in [0.2, 0.25) is 20.1 Å². The molecule has 0 atom stereocenters. The van der Waals surface area contributed by atoms with Crippen LogP contribution in [0.15, 0.2) is 35.2 Å². The Kier molecular flexibility index (Phi) is 7.30. The Bertz CT molecular complexity index is 881. The van der Waals surface area contributed by atoms with Crippen molar-refractivity contribution in [2.24, 2.45) is 0 Å². The SMILES string of the molecule is CN(C)CCOc1cc(NS(=O)(=O)c2c(Cl)cc(Cl)cc2Cl)ccc1Cl. The fourth-order valence-corrected chi connectivity index (χ4v) is 4.78. The number of benzene rings is 2. The largest absolute Gasteiger partial charge is 0.491 e. The van der Waals surface area contributed by atoms with E-state index in [-0.39, 0.29) is 25.7 Å². The van der Waals surface area contributed by atoms with E-state index < -0.39 is 10.0 Å². The second-order valence-corrected chi connectivity index (χ2v) is 8.88. The van der Waals surface area contributed by atoms with E-state index in [1.165, 1.54) is 30.3 Å². The second kappa shape index (κ2) is 8.87. The van der Waals surface area contributed by atoms with Gasteiger partial charge in [0.05, 0.1) is 20.8 Å². The molecule has 0 fully saturated rings. The van der Waals surface area contributed by atoms with Gasteiger partial charge in [-0.25, -0.2) is 8.42 Å². The second-order valence-electron chi connectivity index (χ2n) is 5.60. The summed E-state index contributed by atoms with van der Waals surface area (Å²) in [5.74, 6) is 0.363. The van der Waals surface area contributed by atoms with Crippen molar-refractivity contribution in [1.82, 2.24) is 4.90 Å². The van der Waals surface area contributed by atoms with E-state index >= 15 is 0 Å². The number of sulfonamides is 1. The van der Waals surface area contributed by atoms with Crippen molar-refractivity contribution in [1.29, 1.82) is 0 Å². The summed E-state index contributed by atoms with van der Waals surface area (Å²) >= 11 is 23.9. The number of halogens is 4. The molecule has 0 bridgehead atoms. The van der Waals surface area contributed by atoms with E-state index in [0.29, 0.717) is 23.9 Å². The van der Waals surface area contributed by atoms with Crippen LogP contribution >= 0.6 is 46.4 Å². The van der Waals surface area contributed by atoms with Crippen LogP contribution in [0.5, 0.6) is 5.75 Å². The zero-order chi connectivity index (χ0) is 19.5. The number of likely N-dealkylation sites (N-methyl/N-ethyl adjacent to an activating group) is 1. The molecule has 0 aromatic heterocycles. The monoisotopic (exact) mass is 456 g/mol. The summed E-state index contributed by atoms with van der Waals surface area (Å²) in [6.07, 6.45) is 0. The molecule has 2 rings (SSSR count). The van der Waals surface area contributed by atoms with E-state index in [0.717, 1.165) is 0 Å². The summed E-state index contributed by atoms with van der Waals surface area (Å²) in [7, 11) is -0.211. The van der Waals surface area contributed by atoms with E-state index in [2.05, 4.69) is 4.72 Å². The normalized spacial score (nSPS) is 11.7. The van der Waals surface area contributed by atoms with Crippen LogP contribution in [0.25, 0.3) is 0 Å². The first-order chi connectivity index (χ1) is 12.1. The van der Waals surface area contributed by atoms with Crippen LogP contribution in [0.4, 0.5) is 5.69 Å². The van der Waals surface area contributed by atoms with E-state index in [1.807, 2.05) is 19.0 Å². The lowest BCUT2D eigenvalue weighted by molar-refractivity contribution is 0.261. The summed E-state index contributed by atoms with van der Waals surface area (Å²) < 4.78 is 33.3. The number of rotatable bonds is 7. The molecule has 0 radical (unpaired) electrons. The quantitative estimate of drug-likeness (QED) is 0.632. The number of nitrogens with zero attached hydrogens (tertiary/aromatic N) is 1. The molecule has 2 aromatic carbocycles. The number of hydrogen-bond acceptors (Lipinski definition) is 4. The van der Waals surface area contributed by atoms with Crippen LogP contribution in [-0.2, 0) is 10.0 Å². The van der Waals surface area contributed by atoms with Crippen molar-refractivity contribution in [2.45, 2.75) is 4.90 Å². The van der Waals surface area contributed by atoms with Gasteiger partial charge in [-0.05, 0) is 38.4 Å². The maximum Gasteiger partial charge on any atom is 0.264 e. The molecule has 0 aliphatic carbocycles. The Morgan fingerprint density at radius 1 is 1.00 bits per heavy atom. The molecule has 10 heteroatoms. The minimum atomic E-state index is -4.03. The van der Waals surface area contributed by atoms with Gasteiger partial charge < -0.3 is 9.64 Å². The summed E-state index contributed by atoms with van der Waals surface area (Å²) in [5, 5.41) is 0.453. The fourth-order valence-electron chi connectivity index (χ4n) is 2.01. The fraction of sp³-hybridized carbons (Fsp3) is 0.250. The molecule has 0 saturated carbocycles. The standard InChI is InChI=1S/C16H16Cl4N2O3S/c1-22(2)5-6-25-15-9-11(3-4-12(15)18)21-26(23,24)16-13(19)7-10(17)8-14(16)20/h3-4,7-9,21H,5-6H2,1-2H3. The van der Waals surface area contributed by atoms with E-state index in [1.54, 1.807) is 0 Å². The molecule has 1 N–H and O–H groups in total. The third-order valence-corrected chi connectivity index (χ3v) is 6.04. The smallest absolute Gasteiger partial charge is 0.264 e. The van der Waals surface area contributed by atoms with Crippen LogP contribution in [-0.4, -0.2) is 40.6 Å². The number of anilines is 1. The highest BCUT2D eigenvalue weighted by molar-refractivity contribution is 7.93. The third-order valence-electron chi connectivity index (χ3n) is 3.21. The Balaban J connectivity index is 2.27. The highest BCUT2D eigenvalue weighted by Crippen LogP contribution is 2.35. The summed E-state index contributed by atoms with van der Waals surface area (Å²) in [5.41, 5.74) is 0.260. The highest BCUT2D eigenvalue weighted by atomic mass is 35.5. The van der Waals surface area contributed by atoms with Gasteiger partial charge in [-0.15, -0.1) is 0 Å². The Hall–Kier alpha value is -0.890. The van der Waals surface area contributed by atoms with Crippen molar-refractivity contribution >= 4 is 62.1 Å². The van der Waals surface area contributed by atoms with Gasteiger partial charge in [-0.1, -0.05) is 46.4 Å². The lowest BCUT2D eigenvalue weighted by Gasteiger charge is -2.15. The predicted octanol–water partition coefficient (Wildman–Crippen LogP) is 5.04. The molecular formula is C16H16Cl4N2O3S. The molecule has 142 valence electrons. The number of ether oxygens (including phenoxy) is 1. The Labute approximate surface area is 172 Å². The molecule has 0 heterocycles. The zero-order valence-corrected chi connectivity index (χ0v) is 17.7. The molecule has 0 amide bonds. The van der Waals surface area contributed by atoms with Gasteiger partial charge in [-0.3, -0.25) is 4.72 Å². The molecule has 0 saturated heterocycles. The predicted molar refractivity (Wildman–Crippen MR) is 108 cm³/mol. The van der Waals surface area contributed by atoms with Gasteiger partial charge in [0, 0.05) is 17.6 Å². The number of hydrogen-bond donors (Lipinski definition) is 1. The van der Waals surface area contributed by atoms with Crippen LogP contribution < -0.4 is 9.46 Å². The summed E-state index contributed by atoms with van der Waals surface area (Å²) in [6.45, 7) is 1.08. The van der Waals surface area contributed by atoms with Crippen molar-refractivity contribution < 1.29 is 13.2 Å². The molecule has 2 aromatic rings. The molecule has 0 unspecified atom stereocenters. The minimum Gasteiger partial charge on any atom is -0.491 e. The molecule has 5 nitrogen and oxygen atoms in total. The lowest BCUT2D eigenvalue weighted by atomic mass is 10.3. The third kappa shape index (κ3) is 5.55. The molecule has 0 aliphatic rings. The van der Waals surface area contributed by atoms with Crippen molar-refractivity contribution in [3.8, 4) is 5.75 Å². The Morgan fingerprint density at radius 2 is 1.62 bits per heavy atom. The van der Waals surface area contributed by atoms with Crippen molar-refractivity contribution in [3.63, 3.8) is 0 Å². The number of nitrogens with one attached hydrogen (secondary N) is 1. The van der Waals surface area contributed by atoms with Crippen molar-refractivity contribution in [2.75, 3.05) is 32.0 Å². The van der Waals surface area contributed by atoms with E-state index in [9.17, 15) is 8.42 Å². The topological polar surface area (TPSA) is 58.6 Å². The van der Waals surface area contributed by atoms with Gasteiger partial charge in [0.15, 0.2) is 0 Å². The maximum absolute atomic E-state index is 12.7. The lowest BCUT2D eigenvalue weighted by Crippen LogP contribution is -2.19. The van der Waals surface area contributed by atoms with Gasteiger partial charge in [0.2, 0.25) is 0 Å².